The van der Waals surface area contributed by atoms with E-state index in [9.17, 15) is 9.59 Å². The van der Waals surface area contributed by atoms with Crippen LogP contribution in [0.25, 0.3) is 11.1 Å². The molecule has 1 atom stereocenters. The van der Waals surface area contributed by atoms with Crippen LogP contribution in [0.15, 0.2) is 53.3 Å². The van der Waals surface area contributed by atoms with Crippen LogP contribution in [-0.4, -0.2) is 30.1 Å². The fraction of sp³-hybridized carbons (Fsp3) is 0.167. The van der Waals surface area contributed by atoms with E-state index < -0.39 is 18.0 Å². The molecule has 7 nitrogen and oxygen atoms in total. The number of anilines is 1. The highest BCUT2D eigenvalue weighted by Gasteiger charge is 2.20. The van der Waals surface area contributed by atoms with E-state index in [2.05, 4.69) is 10.3 Å². The average molecular weight is 340 g/mol. The number of hydrogen-bond acceptors (Lipinski definition) is 6. The van der Waals surface area contributed by atoms with Gasteiger partial charge in [0.2, 0.25) is 0 Å². The van der Waals surface area contributed by atoms with Crippen molar-refractivity contribution in [3.8, 4) is 5.75 Å². The summed E-state index contributed by atoms with van der Waals surface area (Å²) in [6.07, 6.45) is 0.311. The maximum atomic E-state index is 12.2. The zero-order valence-corrected chi connectivity index (χ0v) is 13.7. The van der Waals surface area contributed by atoms with E-state index in [1.54, 1.807) is 36.4 Å². The summed E-state index contributed by atoms with van der Waals surface area (Å²) < 4.78 is 15.5. The topological polar surface area (TPSA) is 90.7 Å². The lowest BCUT2D eigenvalue weighted by Crippen LogP contribution is -2.30. The van der Waals surface area contributed by atoms with E-state index in [1.165, 1.54) is 26.5 Å². The number of nitrogens with one attached hydrogen (secondary N) is 1. The van der Waals surface area contributed by atoms with Crippen molar-refractivity contribution in [1.82, 2.24) is 4.98 Å². The van der Waals surface area contributed by atoms with Crippen molar-refractivity contribution in [3.63, 3.8) is 0 Å². The zero-order chi connectivity index (χ0) is 17.8. The van der Waals surface area contributed by atoms with Crippen molar-refractivity contribution in [2.45, 2.75) is 13.0 Å². The van der Waals surface area contributed by atoms with Crippen LogP contribution in [0.5, 0.6) is 5.75 Å². The molecule has 0 radical (unpaired) electrons. The minimum absolute atomic E-state index is 0.279. The highest BCUT2D eigenvalue weighted by atomic mass is 16.5. The largest absolute Gasteiger partial charge is 0.495 e. The standard InChI is InChI=1S/C18H16N2O5/c1-11(17(21)20-14-5-3-4-6-15(14)23-2)25-18(22)12-7-8-13-16(9-12)24-10-19-13/h3-11H,1-2H3,(H,20,21). The smallest absolute Gasteiger partial charge is 0.339 e. The van der Waals surface area contributed by atoms with Crippen LogP contribution in [-0.2, 0) is 9.53 Å². The second-order valence-electron chi connectivity index (χ2n) is 5.27. The van der Waals surface area contributed by atoms with Crippen molar-refractivity contribution < 1.29 is 23.5 Å². The summed E-state index contributed by atoms with van der Waals surface area (Å²) in [4.78, 5) is 28.4. The van der Waals surface area contributed by atoms with E-state index in [-0.39, 0.29) is 5.56 Å². The number of hydrogen-bond donors (Lipinski definition) is 1. The Hall–Kier alpha value is -3.35. The quantitative estimate of drug-likeness (QED) is 0.718. The Balaban J connectivity index is 1.67. The first-order valence-corrected chi connectivity index (χ1v) is 7.56. The summed E-state index contributed by atoms with van der Waals surface area (Å²) in [5, 5.41) is 2.67. The molecule has 0 bridgehead atoms. The number of rotatable bonds is 5. The summed E-state index contributed by atoms with van der Waals surface area (Å²) in [5.41, 5.74) is 1.89. The van der Waals surface area contributed by atoms with Gasteiger partial charge in [0.25, 0.3) is 5.91 Å². The maximum absolute atomic E-state index is 12.2. The fourth-order valence-electron chi connectivity index (χ4n) is 2.25. The molecule has 0 saturated carbocycles. The van der Waals surface area contributed by atoms with Gasteiger partial charge in [-0.1, -0.05) is 12.1 Å². The molecule has 0 aliphatic carbocycles. The lowest BCUT2D eigenvalue weighted by Gasteiger charge is -2.15. The lowest BCUT2D eigenvalue weighted by molar-refractivity contribution is -0.123. The molecular formula is C18H16N2O5. The summed E-state index contributed by atoms with van der Waals surface area (Å²) in [6.45, 7) is 1.50. The van der Waals surface area contributed by atoms with Crippen molar-refractivity contribution in [3.05, 3.63) is 54.4 Å². The molecule has 3 aromatic rings. The third-order valence-corrected chi connectivity index (χ3v) is 3.58. The summed E-state index contributed by atoms with van der Waals surface area (Å²) in [7, 11) is 1.51. The Morgan fingerprint density at radius 2 is 2.00 bits per heavy atom. The first-order chi connectivity index (χ1) is 12.1. The number of esters is 1. The zero-order valence-electron chi connectivity index (χ0n) is 13.7. The Morgan fingerprint density at radius 3 is 2.80 bits per heavy atom. The molecule has 3 rings (SSSR count). The SMILES string of the molecule is COc1ccccc1NC(=O)C(C)OC(=O)c1ccc2ncoc2c1. The number of benzene rings is 2. The van der Waals surface area contributed by atoms with Crippen LogP contribution in [0.1, 0.15) is 17.3 Å². The molecule has 7 heteroatoms. The lowest BCUT2D eigenvalue weighted by atomic mass is 10.2. The number of ether oxygens (including phenoxy) is 2. The van der Waals surface area contributed by atoms with E-state index in [0.29, 0.717) is 22.5 Å². The van der Waals surface area contributed by atoms with Gasteiger partial charge in [-0.05, 0) is 37.3 Å². The highest BCUT2D eigenvalue weighted by molar-refractivity contribution is 5.99. The average Bonchev–Trinajstić information content (AvgIpc) is 3.09. The van der Waals surface area contributed by atoms with Crippen LogP contribution < -0.4 is 10.1 Å². The van der Waals surface area contributed by atoms with Crippen LogP contribution >= 0.6 is 0 Å². The number of methoxy groups -OCH3 is 1. The molecular weight excluding hydrogens is 324 g/mol. The summed E-state index contributed by atoms with van der Waals surface area (Å²) in [5.74, 6) is -0.565. The predicted molar refractivity (Wildman–Crippen MR) is 90.5 cm³/mol. The van der Waals surface area contributed by atoms with E-state index >= 15 is 0 Å². The number of carbonyl (C=O) groups excluding carboxylic acids is 2. The summed E-state index contributed by atoms with van der Waals surface area (Å²) in [6, 6.07) is 11.7. The first kappa shape index (κ1) is 16.5. The Labute approximate surface area is 143 Å². The first-order valence-electron chi connectivity index (χ1n) is 7.56. The van der Waals surface area contributed by atoms with Crippen LogP contribution in [0, 0.1) is 0 Å². The molecule has 0 spiro atoms. The third-order valence-electron chi connectivity index (χ3n) is 3.58. The van der Waals surface area contributed by atoms with Crippen LogP contribution in [0.3, 0.4) is 0 Å². The number of carbonyl (C=O) groups is 2. The molecule has 1 unspecified atom stereocenters. The molecule has 1 aromatic heterocycles. The second-order valence-corrected chi connectivity index (χ2v) is 5.27. The minimum Gasteiger partial charge on any atom is -0.495 e. The molecule has 0 fully saturated rings. The molecule has 1 amide bonds. The van der Waals surface area contributed by atoms with E-state index in [0.717, 1.165) is 0 Å². The van der Waals surface area contributed by atoms with Gasteiger partial charge < -0.3 is 19.2 Å². The molecule has 1 heterocycles. The minimum atomic E-state index is -0.983. The van der Waals surface area contributed by atoms with Gasteiger partial charge in [0, 0.05) is 0 Å². The number of aromatic nitrogens is 1. The monoisotopic (exact) mass is 340 g/mol. The molecule has 0 aliphatic rings. The molecule has 25 heavy (non-hydrogen) atoms. The van der Waals surface area contributed by atoms with Gasteiger partial charge in [-0.3, -0.25) is 4.79 Å². The van der Waals surface area contributed by atoms with Crippen LogP contribution in [0.4, 0.5) is 5.69 Å². The van der Waals surface area contributed by atoms with Gasteiger partial charge in [0.1, 0.15) is 11.3 Å². The maximum Gasteiger partial charge on any atom is 0.339 e. The van der Waals surface area contributed by atoms with Gasteiger partial charge >= 0.3 is 5.97 Å². The number of para-hydroxylation sites is 2. The van der Waals surface area contributed by atoms with Crippen molar-refractivity contribution >= 4 is 28.7 Å². The molecule has 2 aromatic carbocycles. The Morgan fingerprint density at radius 1 is 1.20 bits per heavy atom. The number of nitrogens with zero attached hydrogens (tertiary/aromatic N) is 1. The number of amides is 1. The molecule has 0 saturated heterocycles. The van der Waals surface area contributed by atoms with E-state index in [4.69, 9.17) is 13.9 Å². The predicted octanol–water partition coefficient (Wildman–Crippen LogP) is 3.02. The number of oxazole rings is 1. The van der Waals surface area contributed by atoms with Gasteiger partial charge in [-0.2, -0.15) is 0 Å². The van der Waals surface area contributed by atoms with Gasteiger partial charge in [0.05, 0.1) is 18.4 Å². The van der Waals surface area contributed by atoms with Crippen molar-refractivity contribution in [1.29, 1.82) is 0 Å². The fourth-order valence-corrected chi connectivity index (χ4v) is 2.25. The summed E-state index contributed by atoms with van der Waals surface area (Å²) >= 11 is 0. The Kier molecular flexibility index (Phi) is 4.65. The van der Waals surface area contributed by atoms with Crippen molar-refractivity contribution in [2.75, 3.05) is 12.4 Å². The second kappa shape index (κ2) is 7.04. The van der Waals surface area contributed by atoms with Gasteiger partial charge in [-0.15, -0.1) is 0 Å². The normalized spacial score (nSPS) is 11.8. The van der Waals surface area contributed by atoms with Crippen molar-refractivity contribution in [2.24, 2.45) is 0 Å². The molecule has 1 N–H and O–H groups in total. The molecule has 0 aliphatic heterocycles. The number of fused-ring (bicyclic) bond motifs is 1. The molecule has 128 valence electrons. The Bertz CT molecular complexity index is 918. The highest BCUT2D eigenvalue weighted by Crippen LogP contribution is 2.23. The van der Waals surface area contributed by atoms with Crippen LogP contribution in [0.2, 0.25) is 0 Å². The van der Waals surface area contributed by atoms with Gasteiger partial charge in [0.15, 0.2) is 18.1 Å². The third kappa shape index (κ3) is 3.60. The van der Waals surface area contributed by atoms with Gasteiger partial charge in [-0.25, -0.2) is 9.78 Å². The van der Waals surface area contributed by atoms with E-state index in [1.807, 2.05) is 0 Å².